The smallest absolute Gasteiger partial charge is 0.405 e. The van der Waals surface area contributed by atoms with E-state index >= 15 is 0 Å². The summed E-state index contributed by atoms with van der Waals surface area (Å²) < 4.78 is 8.10. The molecule has 1 aromatic rings. The fourth-order valence-electron chi connectivity index (χ4n) is 2.58. The Morgan fingerprint density at radius 3 is 2.71 bits per heavy atom. The van der Waals surface area contributed by atoms with E-state index in [1.165, 1.54) is 10.6 Å². The maximum absolute atomic E-state index is 11.6. The van der Waals surface area contributed by atoms with Crippen LogP contribution in [0.1, 0.15) is 32.6 Å². The zero-order valence-corrected chi connectivity index (χ0v) is 13.6. The first-order valence-corrected chi connectivity index (χ1v) is 7.62. The summed E-state index contributed by atoms with van der Waals surface area (Å²) in [5.41, 5.74) is -0.517. The number of hydrogen-bond acceptors (Lipinski definition) is 3. The van der Waals surface area contributed by atoms with Crippen molar-refractivity contribution < 1.29 is 14.6 Å². The van der Waals surface area contributed by atoms with E-state index in [0.29, 0.717) is 18.6 Å². The molecular weight excluding hydrogens is 340 g/mol. The third-order valence-electron chi connectivity index (χ3n) is 3.88. The Labute approximate surface area is 131 Å². The van der Waals surface area contributed by atoms with Crippen LogP contribution in [0.15, 0.2) is 21.5 Å². The quantitative estimate of drug-likeness (QED) is 0.869. The fraction of sp³-hybridized carbons (Fsp3) is 0.571. The van der Waals surface area contributed by atoms with Gasteiger partial charge in [-0.05, 0) is 48.5 Å². The lowest BCUT2D eigenvalue weighted by molar-refractivity contribution is 0.104. The Balaban J connectivity index is 1.99. The van der Waals surface area contributed by atoms with Gasteiger partial charge in [-0.3, -0.25) is 4.79 Å². The van der Waals surface area contributed by atoms with E-state index in [0.717, 1.165) is 17.3 Å². The molecule has 7 heteroatoms. The van der Waals surface area contributed by atoms with E-state index in [-0.39, 0.29) is 11.7 Å². The van der Waals surface area contributed by atoms with Crippen molar-refractivity contribution >= 4 is 22.0 Å². The van der Waals surface area contributed by atoms with Crippen molar-refractivity contribution in [2.24, 2.45) is 7.05 Å². The number of nitrogens with zero attached hydrogens (tertiary/aromatic N) is 1. The molecule has 1 amide bonds. The number of hydrogen-bond donors (Lipinski definition) is 2. The van der Waals surface area contributed by atoms with Crippen molar-refractivity contribution in [3.63, 3.8) is 0 Å². The van der Waals surface area contributed by atoms with Gasteiger partial charge in [0, 0.05) is 24.8 Å². The topological polar surface area (TPSA) is 80.6 Å². The summed E-state index contributed by atoms with van der Waals surface area (Å²) in [5, 5.41) is 11.4. The van der Waals surface area contributed by atoms with Gasteiger partial charge in [0.05, 0.1) is 10.6 Å². The number of carbonyl (C=O) groups is 1. The predicted molar refractivity (Wildman–Crippen MR) is 81.8 cm³/mol. The van der Waals surface area contributed by atoms with Crippen molar-refractivity contribution in [2.45, 2.75) is 44.2 Å². The lowest BCUT2D eigenvalue weighted by Crippen LogP contribution is -2.49. The SMILES string of the molecule is Cn1cc(Br)c(OC2CCC(C)(NC(=O)O)CC2)cc1=O. The first kappa shape index (κ1) is 15.9. The molecule has 0 bridgehead atoms. The molecular formula is C14H19BrN2O4. The lowest BCUT2D eigenvalue weighted by Gasteiger charge is -2.37. The Kier molecular flexibility index (Phi) is 4.61. The number of halogens is 1. The Hall–Kier alpha value is -1.50. The summed E-state index contributed by atoms with van der Waals surface area (Å²) in [6.07, 6.45) is 3.61. The van der Waals surface area contributed by atoms with Crippen molar-refractivity contribution in [2.75, 3.05) is 0 Å². The lowest BCUT2D eigenvalue weighted by atomic mass is 9.82. The number of aromatic nitrogens is 1. The molecule has 1 fully saturated rings. The molecule has 6 nitrogen and oxygen atoms in total. The maximum Gasteiger partial charge on any atom is 0.405 e. The molecule has 0 aliphatic heterocycles. The summed E-state index contributed by atoms with van der Waals surface area (Å²) in [6, 6.07) is 1.47. The summed E-state index contributed by atoms with van der Waals surface area (Å²) in [4.78, 5) is 22.4. The van der Waals surface area contributed by atoms with Gasteiger partial charge in [-0.25, -0.2) is 4.79 Å². The van der Waals surface area contributed by atoms with Crippen molar-refractivity contribution in [1.82, 2.24) is 9.88 Å². The number of aryl methyl sites for hydroxylation is 1. The monoisotopic (exact) mass is 358 g/mol. The van der Waals surface area contributed by atoms with Crippen LogP contribution in [0.5, 0.6) is 5.75 Å². The van der Waals surface area contributed by atoms with Gasteiger partial charge in [0.2, 0.25) is 0 Å². The molecule has 2 N–H and O–H groups in total. The second-order valence-corrected chi connectivity index (χ2v) is 6.60. The van der Waals surface area contributed by atoms with E-state index < -0.39 is 11.6 Å². The maximum atomic E-state index is 11.6. The van der Waals surface area contributed by atoms with Gasteiger partial charge in [0.1, 0.15) is 5.75 Å². The molecule has 0 saturated heterocycles. The minimum Gasteiger partial charge on any atom is -0.489 e. The zero-order valence-electron chi connectivity index (χ0n) is 12.1. The van der Waals surface area contributed by atoms with E-state index in [1.54, 1.807) is 13.2 Å². The molecule has 0 radical (unpaired) electrons. The zero-order chi connectivity index (χ0) is 15.6. The molecule has 116 valence electrons. The molecule has 1 saturated carbocycles. The molecule has 1 aliphatic rings. The molecule has 0 atom stereocenters. The van der Waals surface area contributed by atoms with Crippen LogP contribution < -0.4 is 15.6 Å². The van der Waals surface area contributed by atoms with Crippen LogP contribution in [-0.4, -0.2) is 27.4 Å². The average Bonchev–Trinajstić information content (AvgIpc) is 2.37. The minimum atomic E-state index is -0.994. The molecule has 1 aromatic heterocycles. The molecule has 1 aliphatic carbocycles. The first-order chi connectivity index (χ1) is 9.79. The standard InChI is InChI=1S/C14H19BrN2O4/c1-14(16-13(19)20)5-3-9(4-6-14)21-11-7-12(18)17(2)8-10(11)15/h7-9,16H,3-6H2,1-2H3,(H,19,20). The Bertz CT molecular complexity index is 591. The van der Waals surface area contributed by atoms with Crippen molar-refractivity contribution in [3.8, 4) is 5.75 Å². The van der Waals surface area contributed by atoms with Crippen LogP contribution in [0.25, 0.3) is 0 Å². The summed E-state index contributed by atoms with van der Waals surface area (Å²) in [6.45, 7) is 1.91. The van der Waals surface area contributed by atoms with Gasteiger partial charge in [0.15, 0.2) is 0 Å². The summed E-state index contributed by atoms with van der Waals surface area (Å²) in [7, 11) is 1.68. The van der Waals surface area contributed by atoms with Crippen LogP contribution >= 0.6 is 15.9 Å². The number of ether oxygens (including phenoxy) is 1. The van der Waals surface area contributed by atoms with Gasteiger partial charge in [-0.2, -0.15) is 0 Å². The first-order valence-electron chi connectivity index (χ1n) is 6.83. The predicted octanol–water partition coefficient (Wildman–Crippen LogP) is 2.50. The van der Waals surface area contributed by atoms with Gasteiger partial charge in [-0.15, -0.1) is 0 Å². The fourth-order valence-corrected chi connectivity index (χ4v) is 3.09. The highest BCUT2D eigenvalue weighted by molar-refractivity contribution is 9.10. The van der Waals surface area contributed by atoms with E-state index in [2.05, 4.69) is 21.2 Å². The second-order valence-electron chi connectivity index (χ2n) is 5.74. The molecule has 1 heterocycles. The van der Waals surface area contributed by atoms with E-state index in [4.69, 9.17) is 9.84 Å². The average molecular weight is 359 g/mol. The van der Waals surface area contributed by atoms with E-state index in [1.807, 2.05) is 6.92 Å². The third kappa shape index (κ3) is 4.00. The van der Waals surface area contributed by atoms with Crippen LogP contribution in [0.3, 0.4) is 0 Å². The minimum absolute atomic E-state index is 0.00271. The number of amides is 1. The highest BCUT2D eigenvalue weighted by Gasteiger charge is 2.33. The normalized spacial score (nSPS) is 25.4. The summed E-state index contributed by atoms with van der Waals surface area (Å²) >= 11 is 3.39. The van der Waals surface area contributed by atoms with Gasteiger partial charge in [0.25, 0.3) is 5.56 Å². The highest BCUT2D eigenvalue weighted by atomic mass is 79.9. The van der Waals surface area contributed by atoms with Crippen LogP contribution in [0.2, 0.25) is 0 Å². The Morgan fingerprint density at radius 1 is 1.52 bits per heavy atom. The number of nitrogens with one attached hydrogen (secondary N) is 1. The number of rotatable bonds is 3. The largest absolute Gasteiger partial charge is 0.489 e. The molecule has 0 unspecified atom stereocenters. The number of carboxylic acid groups (broad SMARTS) is 1. The van der Waals surface area contributed by atoms with Crippen molar-refractivity contribution in [1.29, 1.82) is 0 Å². The third-order valence-corrected chi connectivity index (χ3v) is 4.48. The second kappa shape index (κ2) is 6.09. The van der Waals surface area contributed by atoms with Gasteiger partial charge < -0.3 is 19.7 Å². The molecule has 2 rings (SSSR count). The van der Waals surface area contributed by atoms with Crippen LogP contribution in [0.4, 0.5) is 4.79 Å². The van der Waals surface area contributed by atoms with Crippen LogP contribution in [0, 0.1) is 0 Å². The van der Waals surface area contributed by atoms with Gasteiger partial charge >= 0.3 is 6.09 Å². The molecule has 0 spiro atoms. The highest BCUT2D eigenvalue weighted by Crippen LogP contribution is 2.32. The summed E-state index contributed by atoms with van der Waals surface area (Å²) in [5.74, 6) is 0.540. The molecule has 21 heavy (non-hydrogen) atoms. The van der Waals surface area contributed by atoms with Gasteiger partial charge in [-0.1, -0.05) is 0 Å². The van der Waals surface area contributed by atoms with E-state index in [9.17, 15) is 9.59 Å². The van der Waals surface area contributed by atoms with Crippen LogP contribution in [-0.2, 0) is 7.05 Å². The Morgan fingerprint density at radius 2 is 2.14 bits per heavy atom. The van der Waals surface area contributed by atoms with Crippen molar-refractivity contribution in [3.05, 3.63) is 27.1 Å². The molecule has 0 aromatic carbocycles. The number of pyridine rings is 1.